The maximum Gasteiger partial charge on any atom is 1.00 e. The minimum Gasteiger partial charge on any atom is -0.854 e. The van der Waals surface area contributed by atoms with Gasteiger partial charge in [-0.3, -0.25) is 0 Å². The van der Waals surface area contributed by atoms with Crippen LogP contribution < -0.4 is 34.7 Å². The number of hydrogen-bond acceptors (Lipinski definition) is 3. The van der Waals surface area contributed by atoms with Crippen LogP contribution in [0.15, 0.2) is 0 Å². The average molecular weight is 156 g/mol. The summed E-state index contributed by atoms with van der Waals surface area (Å²) in [5.74, 6) is -0.523. The standard InChI is InChI=1S/C6H13O3.Na/c1-4(8)6(3-7)5(2)9;/h4-6,8-9H,3H2,1-2H3;/q-1;+1. The van der Waals surface area contributed by atoms with E-state index in [-0.39, 0.29) is 29.6 Å². The second-order valence-electron chi connectivity index (χ2n) is 2.31. The first-order valence-electron chi connectivity index (χ1n) is 3.03. The molecule has 0 spiro atoms. The third-order valence-corrected chi connectivity index (χ3v) is 1.43. The largest absolute Gasteiger partial charge is 1.00 e. The molecule has 0 aliphatic carbocycles. The molecule has 56 valence electrons. The first-order valence-corrected chi connectivity index (χ1v) is 3.03. The molecule has 0 aromatic heterocycles. The maximum absolute atomic E-state index is 10.2. The van der Waals surface area contributed by atoms with Gasteiger partial charge in [0, 0.05) is 0 Å². The molecule has 2 N–H and O–H groups in total. The average Bonchev–Trinajstić information content (AvgIpc) is 1.64. The second kappa shape index (κ2) is 6.58. The number of hydrogen-bond donors (Lipinski definition) is 2. The van der Waals surface area contributed by atoms with Crippen LogP contribution in [-0.4, -0.2) is 29.0 Å². The molecule has 0 saturated heterocycles. The van der Waals surface area contributed by atoms with Crippen molar-refractivity contribution >= 4 is 0 Å². The van der Waals surface area contributed by atoms with E-state index < -0.39 is 24.7 Å². The topological polar surface area (TPSA) is 63.5 Å². The van der Waals surface area contributed by atoms with Gasteiger partial charge in [-0.25, -0.2) is 0 Å². The molecule has 0 fully saturated rings. The van der Waals surface area contributed by atoms with E-state index in [1.165, 1.54) is 13.8 Å². The van der Waals surface area contributed by atoms with E-state index in [2.05, 4.69) is 0 Å². The minimum absolute atomic E-state index is 0. The summed E-state index contributed by atoms with van der Waals surface area (Å²) in [6.07, 6.45) is -1.41. The molecule has 0 aromatic carbocycles. The van der Waals surface area contributed by atoms with Crippen LogP contribution >= 0.6 is 0 Å². The molecule has 0 bridgehead atoms. The molecule has 0 amide bonds. The summed E-state index contributed by atoms with van der Waals surface area (Å²) in [4.78, 5) is 0. The molecule has 3 nitrogen and oxygen atoms in total. The van der Waals surface area contributed by atoms with Crippen LogP contribution in [0.4, 0.5) is 0 Å². The van der Waals surface area contributed by atoms with Crippen molar-refractivity contribution in [2.24, 2.45) is 5.92 Å². The third kappa shape index (κ3) is 4.66. The monoisotopic (exact) mass is 156 g/mol. The predicted molar refractivity (Wildman–Crippen MR) is 31.7 cm³/mol. The van der Waals surface area contributed by atoms with Gasteiger partial charge in [0.05, 0.1) is 12.2 Å². The van der Waals surface area contributed by atoms with Crippen LogP contribution in [0.5, 0.6) is 0 Å². The van der Waals surface area contributed by atoms with Crippen molar-refractivity contribution in [3.8, 4) is 0 Å². The molecule has 0 aromatic rings. The Hall–Kier alpha value is 0.880. The van der Waals surface area contributed by atoms with Gasteiger partial charge in [0.2, 0.25) is 0 Å². The smallest absolute Gasteiger partial charge is 0.854 e. The maximum atomic E-state index is 10.2. The van der Waals surface area contributed by atoms with Crippen LogP contribution in [0.25, 0.3) is 0 Å². The van der Waals surface area contributed by atoms with Crippen molar-refractivity contribution in [2.75, 3.05) is 6.61 Å². The first-order chi connectivity index (χ1) is 4.09. The van der Waals surface area contributed by atoms with Crippen molar-refractivity contribution in [3.05, 3.63) is 0 Å². The van der Waals surface area contributed by atoms with E-state index in [1.807, 2.05) is 0 Å². The second-order valence-corrected chi connectivity index (χ2v) is 2.31. The number of aliphatic hydroxyl groups is 2. The summed E-state index contributed by atoms with van der Waals surface area (Å²) >= 11 is 0. The number of aliphatic hydroxyl groups excluding tert-OH is 2. The summed E-state index contributed by atoms with van der Waals surface area (Å²) in [5, 5.41) is 27.8. The number of rotatable bonds is 3. The van der Waals surface area contributed by atoms with Gasteiger partial charge in [-0.2, -0.15) is 0 Å². The van der Waals surface area contributed by atoms with Gasteiger partial charge >= 0.3 is 29.6 Å². The summed E-state index contributed by atoms with van der Waals surface area (Å²) in [6.45, 7) is 2.60. The van der Waals surface area contributed by atoms with Gasteiger partial charge in [0.15, 0.2) is 0 Å². The molecule has 10 heavy (non-hydrogen) atoms. The quantitative estimate of drug-likeness (QED) is 0.407. The Labute approximate surface area is 83.4 Å². The molecule has 0 rings (SSSR count). The Balaban J connectivity index is 0. The Morgan fingerprint density at radius 3 is 1.50 bits per heavy atom. The fourth-order valence-corrected chi connectivity index (χ4v) is 0.682. The van der Waals surface area contributed by atoms with Gasteiger partial charge in [-0.05, 0) is 19.8 Å². The van der Waals surface area contributed by atoms with Gasteiger partial charge in [-0.15, -0.1) is 6.61 Å². The molecule has 2 unspecified atom stereocenters. The minimum atomic E-state index is -0.706. The van der Waals surface area contributed by atoms with Gasteiger partial charge in [0.1, 0.15) is 0 Å². The van der Waals surface area contributed by atoms with Crippen molar-refractivity contribution < 1.29 is 44.9 Å². The van der Waals surface area contributed by atoms with Crippen molar-refractivity contribution in [1.29, 1.82) is 0 Å². The normalized spacial score (nSPS) is 18.9. The zero-order chi connectivity index (χ0) is 7.44. The van der Waals surface area contributed by atoms with Crippen LogP contribution in [0.2, 0.25) is 0 Å². The van der Waals surface area contributed by atoms with Crippen molar-refractivity contribution in [2.45, 2.75) is 26.1 Å². The molecule has 4 heteroatoms. The fourth-order valence-electron chi connectivity index (χ4n) is 0.682. The molecule has 0 aliphatic rings. The molecule has 0 radical (unpaired) electrons. The van der Waals surface area contributed by atoms with Gasteiger partial charge in [0.25, 0.3) is 0 Å². The SMILES string of the molecule is CC(O)C(C[O-])C(C)O.[Na+]. The Bertz CT molecular complexity index is 67.4. The fraction of sp³-hybridized carbons (Fsp3) is 1.00. The van der Waals surface area contributed by atoms with Crippen molar-refractivity contribution in [3.63, 3.8) is 0 Å². The summed E-state index contributed by atoms with van der Waals surface area (Å²) in [5.41, 5.74) is 0. The zero-order valence-corrected chi connectivity index (χ0v) is 8.74. The van der Waals surface area contributed by atoms with E-state index >= 15 is 0 Å². The zero-order valence-electron chi connectivity index (χ0n) is 6.74. The molecule has 0 aliphatic heterocycles. The summed E-state index contributed by atoms with van der Waals surface area (Å²) in [6, 6.07) is 0. The molecular formula is C6H13NaO3. The Kier molecular flexibility index (Phi) is 8.86. The third-order valence-electron chi connectivity index (χ3n) is 1.43. The first kappa shape index (κ1) is 13.5. The molecule has 2 atom stereocenters. The van der Waals surface area contributed by atoms with Crippen LogP contribution in [0.1, 0.15) is 13.8 Å². The Morgan fingerprint density at radius 2 is 1.50 bits per heavy atom. The molecular weight excluding hydrogens is 143 g/mol. The van der Waals surface area contributed by atoms with E-state index in [1.54, 1.807) is 0 Å². The summed E-state index contributed by atoms with van der Waals surface area (Å²) < 4.78 is 0. The van der Waals surface area contributed by atoms with Gasteiger partial charge in [-0.1, -0.05) is 0 Å². The summed E-state index contributed by atoms with van der Waals surface area (Å²) in [7, 11) is 0. The van der Waals surface area contributed by atoms with E-state index in [4.69, 9.17) is 10.2 Å². The van der Waals surface area contributed by atoms with Crippen LogP contribution in [0.3, 0.4) is 0 Å². The van der Waals surface area contributed by atoms with Crippen LogP contribution in [0, 0.1) is 5.92 Å². The predicted octanol–water partition coefficient (Wildman–Crippen LogP) is -4.27. The van der Waals surface area contributed by atoms with E-state index in [0.29, 0.717) is 0 Å². The Morgan fingerprint density at radius 1 is 1.20 bits per heavy atom. The van der Waals surface area contributed by atoms with E-state index in [9.17, 15) is 5.11 Å². The van der Waals surface area contributed by atoms with E-state index in [0.717, 1.165) is 0 Å². The molecule has 0 saturated carbocycles. The van der Waals surface area contributed by atoms with Crippen LogP contribution in [-0.2, 0) is 0 Å². The molecule has 0 heterocycles. The van der Waals surface area contributed by atoms with Crippen molar-refractivity contribution in [1.82, 2.24) is 0 Å². The van der Waals surface area contributed by atoms with Gasteiger partial charge < -0.3 is 15.3 Å².